The average molecular weight is 471 g/mol. The number of carbonyl (C=O) groups excluding carboxylic acids is 1. The number of aryl methyl sites for hydroxylation is 1. The summed E-state index contributed by atoms with van der Waals surface area (Å²) in [6.07, 6.45) is 2.30. The summed E-state index contributed by atoms with van der Waals surface area (Å²) in [5, 5.41) is 9.72. The Morgan fingerprint density at radius 2 is 1.46 bits per heavy atom. The fourth-order valence-electron chi connectivity index (χ4n) is 5.27. The van der Waals surface area contributed by atoms with E-state index in [0.717, 1.165) is 56.0 Å². The molecule has 0 aliphatic carbocycles. The fourth-order valence-corrected chi connectivity index (χ4v) is 5.27. The van der Waals surface area contributed by atoms with Gasteiger partial charge in [-0.25, -0.2) is 4.79 Å². The SMILES string of the molecule is Cc1ccc(C(=O)O)cc1C1(OC=O)c2ccc(N3CCC3)cc2Oc2cc(N3CCC3)ccc21. The quantitative estimate of drug-likeness (QED) is 0.524. The number of benzene rings is 3. The van der Waals surface area contributed by atoms with Crippen LogP contribution in [0.25, 0.3) is 0 Å². The molecule has 3 aliphatic heterocycles. The van der Waals surface area contributed by atoms with Crippen LogP contribution in [0.15, 0.2) is 54.6 Å². The maximum absolute atomic E-state index is 12.1. The van der Waals surface area contributed by atoms with Crippen LogP contribution < -0.4 is 14.5 Å². The average Bonchev–Trinajstić information content (AvgIpc) is 2.76. The molecule has 0 unspecified atom stereocenters. The molecule has 3 heterocycles. The highest BCUT2D eigenvalue weighted by Crippen LogP contribution is 2.54. The zero-order valence-corrected chi connectivity index (χ0v) is 19.5. The predicted molar refractivity (Wildman–Crippen MR) is 132 cm³/mol. The third kappa shape index (κ3) is 3.26. The largest absolute Gasteiger partial charge is 0.478 e. The molecule has 178 valence electrons. The minimum atomic E-state index is -1.35. The molecule has 7 heteroatoms. The molecular weight excluding hydrogens is 444 g/mol. The molecule has 3 aliphatic rings. The number of carboxylic acid groups (broad SMARTS) is 1. The summed E-state index contributed by atoms with van der Waals surface area (Å²) < 4.78 is 12.5. The van der Waals surface area contributed by atoms with Gasteiger partial charge in [0.05, 0.1) is 5.56 Å². The first-order valence-electron chi connectivity index (χ1n) is 11.9. The third-order valence-corrected chi connectivity index (χ3v) is 7.44. The molecule has 0 bridgehead atoms. The predicted octanol–water partition coefficient (Wildman–Crippen LogP) is 4.68. The van der Waals surface area contributed by atoms with E-state index in [1.165, 1.54) is 0 Å². The molecule has 0 atom stereocenters. The van der Waals surface area contributed by atoms with E-state index >= 15 is 0 Å². The molecule has 6 rings (SSSR count). The van der Waals surface area contributed by atoms with Crippen LogP contribution in [0.4, 0.5) is 11.4 Å². The van der Waals surface area contributed by atoms with Crippen molar-refractivity contribution in [3.63, 3.8) is 0 Å². The van der Waals surface area contributed by atoms with Crippen molar-refractivity contribution >= 4 is 23.8 Å². The first kappa shape index (κ1) is 21.5. The summed E-state index contributed by atoms with van der Waals surface area (Å²) in [4.78, 5) is 28.5. The molecule has 1 N–H and O–H groups in total. The van der Waals surface area contributed by atoms with Gasteiger partial charge in [-0.15, -0.1) is 0 Å². The van der Waals surface area contributed by atoms with E-state index in [1.807, 2.05) is 43.3 Å². The Kier molecular flexibility index (Phi) is 4.95. The molecule has 0 radical (unpaired) electrons. The Hall–Kier alpha value is -4.00. The van der Waals surface area contributed by atoms with Crippen molar-refractivity contribution in [1.29, 1.82) is 0 Å². The van der Waals surface area contributed by atoms with Crippen LogP contribution >= 0.6 is 0 Å². The molecule has 3 aromatic rings. The molecule has 7 nitrogen and oxygen atoms in total. The minimum absolute atomic E-state index is 0.128. The van der Waals surface area contributed by atoms with E-state index in [9.17, 15) is 14.7 Å². The van der Waals surface area contributed by atoms with Gasteiger partial charge in [-0.1, -0.05) is 6.07 Å². The van der Waals surface area contributed by atoms with Gasteiger partial charge in [0.15, 0.2) is 5.60 Å². The molecule has 0 amide bonds. The Balaban J connectivity index is 1.62. The number of anilines is 2. The smallest absolute Gasteiger partial charge is 0.335 e. The van der Waals surface area contributed by atoms with Gasteiger partial charge in [-0.2, -0.15) is 0 Å². The lowest BCUT2D eigenvalue weighted by atomic mass is 9.75. The van der Waals surface area contributed by atoms with E-state index in [4.69, 9.17) is 9.47 Å². The lowest BCUT2D eigenvalue weighted by Crippen LogP contribution is -2.39. The second-order valence-electron chi connectivity index (χ2n) is 9.37. The summed E-state index contributed by atoms with van der Waals surface area (Å²) >= 11 is 0. The molecular formula is C28H26N2O5. The highest BCUT2D eigenvalue weighted by atomic mass is 16.5. The van der Waals surface area contributed by atoms with Gasteiger partial charge in [0.25, 0.3) is 6.47 Å². The Morgan fingerprint density at radius 1 is 0.886 bits per heavy atom. The summed E-state index contributed by atoms with van der Waals surface area (Å²) in [6, 6.07) is 16.8. The van der Waals surface area contributed by atoms with E-state index in [-0.39, 0.29) is 5.56 Å². The van der Waals surface area contributed by atoms with Crippen LogP contribution in [0.5, 0.6) is 11.5 Å². The van der Waals surface area contributed by atoms with Crippen LogP contribution in [0.3, 0.4) is 0 Å². The number of fused-ring (bicyclic) bond motifs is 2. The van der Waals surface area contributed by atoms with Gasteiger partial charge in [0, 0.05) is 66.4 Å². The van der Waals surface area contributed by atoms with Crippen molar-refractivity contribution in [3.8, 4) is 11.5 Å². The molecule has 2 fully saturated rings. The van der Waals surface area contributed by atoms with Crippen LogP contribution in [0, 0.1) is 6.92 Å². The van der Waals surface area contributed by atoms with Crippen LogP contribution in [0.1, 0.15) is 45.5 Å². The highest BCUT2D eigenvalue weighted by molar-refractivity contribution is 5.88. The second kappa shape index (κ2) is 8.05. The van der Waals surface area contributed by atoms with Gasteiger partial charge in [0.1, 0.15) is 11.5 Å². The monoisotopic (exact) mass is 470 g/mol. The Bertz CT molecular complexity index is 1280. The Labute approximate surface area is 203 Å². The van der Waals surface area contributed by atoms with Crippen molar-refractivity contribution < 1.29 is 24.2 Å². The maximum Gasteiger partial charge on any atom is 0.335 e. The summed E-state index contributed by atoms with van der Waals surface area (Å²) in [6.45, 7) is 6.30. The molecule has 0 spiro atoms. The normalized spacial score (nSPS) is 17.3. The topological polar surface area (TPSA) is 79.3 Å². The van der Waals surface area contributed by atoms with Gasteiger partial charge >= 0.3 is 5.97 Å². The van der Waals surface area contributed by atoms with E-state index in [1.54, 1.807) is 18.2 Å². The number of ether oxygens (including phenoxy) is 2. The number of aromatic carboxylic acids is 1. The standard InChI is InChI=1S/C28H26N2O5/c1-18-4-5-19(27(32)33)14-24(18)28(34-17-31)22-8-6-20(29-10-2-11-29)15-25(22)35-26-16-21(7-9-23(26)28)30-12-3-13-30/h4-9,14-17H,2-3,10-13H2,1H3,(H,32,33). The van der Waals surface area contributed by atoms with Gasteiger partial charge in [-0.05, 0) is 61.7 Å². The number of nitrogens with zero attached hydrogens (tertiary/aromatic N) is 2. The van der Waals surface area contributed by atoms with E-state index in [0.29, 0.717) is 34.7 Å². The summed E-state index contributed by atoms with van der Waals surface area (Å²) in [7, 11) is 0. The maximum atomic E-state index is 12.1. The fraction of sp³-hybridized carbons (Fsp3) is 0.286. The van der Waals surface area contributed by atoms with Crippen LogP contribution in [-0.4, -0.2) is 43.7 Å². The first-order valence-corrected chi connectivity index (χ1v) is 11.9. The van der Waals surface area contributed by atoms with Crippen molar-refractivity contribution in [2.45, 2.75) is 25.4 Å². The molecule has 3 aromatic carbocycles. The van der Waals surface area contributed by atoms with Crippen molar-refractivity contribution in [2.24, 2.45) is 0 Å². The molecule has 0 saturated carbocycles. The molecule has 0 aromatic heterocycles. The second-order valence-corrected chi connectivity index (χ2v) is 9.37. The zero-order valence-electron chi connectivity index (χ0n) is 19.5. The third-order valence-electron chi connectivity index (χ3n) is 7.44. The van der Waals surface area contributed by atoms with Crippen molar-refractivity contribution in [3.05, 3.63) is 82.4 Å². The number of hydrogen-bond acceptors (Lipinski definition) is 6. The van der Waals surface area contributed by atoms with Crippen molar-refractivity contribution in [2.75, 3.05) is 36.0 Å². The minimum Gasteiger partial charge on any atom is -0.478 e. The number of carboxylic acids is 1. The van der Waals surface area contributed by atoms with E-state index in [2.05, 4.69) is 9.80 Å². The molecule has 35 heavy (non-hydrogen) atoms. The van der Waals surface area contributed by atoms with Gasteiger partial charge < -0.3 is 24.4 Å². The number of rotatable bonds is 6. The Morgan fingerprint density at radius 3 is 1.91 bits per heavy atom. The first-order chi connectivity index (χ1) is 17.0. The molecule has 2 saturated heterocycles. The van der Waals surface area contributed by atoms with Gasteiger partial charge in [0.2, 0.25) is 0 Å². The zero-order chi connectivity index (χ0) is 24.2. The summed E-state index contributed by atoms with van der Waals surface area (Å²) in [5.74, 6) is 0.163. The lowest BCUT2D eigenvalue weighted by Gasteiger charge is -2.41. The highest BCUT2D eigenvalue weighted by Gasteiger charge is 2.48. The number of hydrogen-bond donors (Lipinski definition) is 1. The van der Waals surface area contributed by atoms with Gasteiger partial charge in [-0.3, -0.25) is 4.79 Å². The van der Waals surface area contributed by atoms with E-state index < -0.39 is 11.6 Å². The van der Waals surface area contributed by atoms with Crippen molar-refractivity contribution in [1.82, 2.24) is 0 Å². The van der Waals surface area contributed by atoms with Crippen LogP contribution in [0.2, 0.25) is 0 Å². The summed E-state index contributed by atoms with van der Waals surface area (Å²) in [5.41, 5.74) is 3.64. The lowest BCUT2D eigenvalue weighted by molar-refractivity contribution is -0.137. The van der Waals surface area contributed by atoms with Crippen LogP contribution in [-0.2, 0) is 15.1 Å². The number of carbonyl (C=O) groups is 2.